The van der Waals surface area contributed by atoms with Crippen molar-refractivity contribution in [2.45, 2.75) is 32.2 Å². The molecule has 21 heavy (non-hydrogen) atoms. The molecule has 0 amide bonds. The van der Waals surface area contributed by atoms with E-state index >= 15 is 0 Å². The lowest BCUT2D eigenvalue weighted by Crippen LogP contribution is -2.44. The molecule has 1 aliphatic heterocycles. The average molecular weight is 402 g/mol. The summed E-state index contributed by atoms with van der Waals surface area (Å²) < 4.78 is 0. The molecule has 4 nitrogen and oxygen atoms in total. The van der Waals surface area contributed by atoms with Crippen LogP contribution in [0.4, 0.5) is 5.69 Å². The van der Waals surface area contributed by atoms with E-state index < -0.39 is 0 Å². The largest absolute Gasteiger partial charge is 0.369 e. The van der Waals surface area contributed by atoms with Crippen LogP contribution in [-0.4, -0.2) is 38.7 Å². The van der Waals surface area contributed by atoms with Crippen LogP contribution in [0.3, 0.4) is 0 Å². The molecule has 0 radical (unpaired) electrons. The second-order valence-electron chi connectivity index (χ2n) is 5.26. The number of para-hydroxylation sites is 1. The van der Waals surface area contributed by atoms with Gasteiger partial charge in [0.2, 0.25) is 0 Å². The van der Waals surface area contributed by atoms with E-state index in [1.807, 2.05) is 7.05 Å². The first-order valence-electron chi connectivity index (χ1n) is 7.60. The van der Waals surface area contributed by atoms with Crippen LogP contribution in [0.5, 0.6) is 0 Å². The maximum atomic E-state index is 4.30. The lowest BCUT2D eigenvalue weighted by atomic mass is 10.2. The fourth-order valence-corrected chi connectivity index (χ4v) is 2.52. The highest BCUT2D eigenvalue weighted by molar-refractivity contribution is 14.0. The SMILES string of the molecule is CCCCNC(=NC)NC1CCN(c2ccccc2)C1.I. The van der Waals surface area contributed by atoms with Crippen molar-refractivity contribution in [3.63, 3.8) is 0 Å². The molecule has 0 aliphatic carbocycles. The number of hydrogen-bond acceptors (Lipinski definition) is 2. The molecule has 2 N–H and O–H groups in total. The van der Waals surface area contributed by atoms with Crippen LogP contribution in [0.1, 0.15) is 26.2 Å². The van der Waals surface area contributed by atoms with Crippen LogP contribution in [0.15, 0.2) is 35.3 Å². The highest BCUT2D eigenvalue weighted by Gasteiger charge is 2.23. The number of rotatable bonds is 5. The van der Waals surface area contributed by atoms with Gasteiger partial charge in [0.05, 0.1) is 0 Å². The predicted molar refractivity (Wildman–Crippen MR) is 102 cm³/mol. The molecule has 1 fully saturated rings. The summed E-state index contributed by atoms with van der Waals surface area (Å²) in [6, 6.07) is 11.1. The number of unbranched alkanes of at least 4 members (excludes halogenated alkanes) is 1. The molecule has 1 aromatic rings. The zero-order valence-electron chi connectivity index (χ0n) is 13.0. The third kappa shape index (κ3) is 5.73. The second-order valence-corrected chi connectivity index (χ2v) is 5.26. The van der Waals surface area contributed by atoms with Crippen molar-refractivity contribution in [3.05, 3.63) is 30.3 Å². The molecule has 0 aromatic heterocycles. The zero-order chi connectivity index (χ0) is 14.2. The molecule has 5 heteroatoms. The normalized spacial score (nSPS) is 18.3. The van der Waals surface area contributed by atoms with Crippen molar-refractivity contribution in [2.24, 2.45) is 4.99 Å². The molecule has 1 saturated heterocycles. The van der Waals surface area contributed by atoms with Crippen molar-refractivity contribution >= 4 is 35.6 Å². The summed E-state index contributed by atoms with van der Waals surface area (Å²) >= 11 is 0. The van der Waals surface area contributed by atoms with Gasteiger partial charge in [0.1, 0.15) is 0 Å². The van der Waals surface area contributed by atoms with Crippen LogP contribution in [0, 0.1) is 0 Å². The first-order valence-corrected chi connectivity index (χ1v) is 7.60. The minimum atomic E-state index is 0. The van der Waals surface area contributed by atoms with Gasteiger partial charge < -0.3 is 15.5 Å². The highest BCUT2D eigenvalue weighted by atomic mass is 127. The van der Waals surface area contributed by atoms with Gasteiger partial charge in [-0.05, 0) is 25.0 Å². The zero-order valence-corrected chi connectivity index (χ0v) is 15.3. The Bertz CT molecular complexity index is 422. The molecule has 0 bridgehead atoms. The highest BCUT2D eigenvalue weighted by Crippen LogP contribution is 2.19. The molecule has 1 aromatic carbocycles. The Morgan fingerprint density at radius 2 is 2.10 bits per heavy atom. The smallest absolute Gasteiger partial charge is 0.191 e. The Morgan fingerprint density at radius 3 is 2.76 bits per heavy atom. The predicted octanol–water partition coefficient (Wildman–Crippen LogP) is 2.85. The molecule has 118 valence electrons. The van der Waals surface area contributed by atoms with Crippen molar-refractivity contribution < 1.29 is 0 Å². The van der Waals surface area contributed by atoms with E-state index in [4.69, 9.17) is 0 Å². The van der Waals surface area contributed by atoms with Gasteiger partial charge in [0, 0.05) is 38.4 Å². The third-order valence-corrected chi connectivity index (χ3v) is 3.70. The van der Waals surface area contributed by atoms with Crippen molar-refractivity contribution in [2.75, 3.05) is 31.6 Å². The quantitative estimate of drug-likeness (QED) is 0.345. The number of nitrogens with one attached hydrogen (secondary N) is 2. The molecule has 1 heterocycles. The first-order chi connectivity index (χ1) is 9.83. The van der Waals surface area contributed by atoms with Crippen molar-refractivity contribution in [3.8, 4) is 0 Å². The molecule has 1 unspecified atom stereocenters. The lowest BCUT2D eigenvalue weighted by molar-refractivity contribution is 0.641. The van der Waals surface area contributed by atoms with Crippen LogP contribution < -0.4 is 15.5 Å². The number of benzene rings is 1. The summed E-state index contributed by atoms with van der Waals surface area (Å²) in [6.07, 6.45) is 3.54. The number of hydrogen-bond donors (Lipinski definition) is 2. The Balaban J connectivity index is 0.00000220. The summed E-state index contributed by atoms with van der Waals surface area (Å²) in [6.45, 7) is 5.34. The Labute approximate surface area is 145 Å². The second kappa shape index (κ2) is 9.87. The van der Waals surface area contributed by atoms with E-state index in [2.05, 4.69) is 57.8 Å². The van der Waals surface area contributed by atoms with Gasteiger partial charge >= 0.3 is 0 Å². The van der Waals surface area contributed by atoms with Crippen LogP contribution in [-0.2, 0) is 0 Å². The van der Waals surface area contributed by atoms with Crippen LogP contribution in [0.25, 0.3) is 0 Å². The maximum absolute atomic E-state index is 4.30. The number of halogens is 1. The lowest BCUT2D eigenvalue weighted by Gasteiger charge is -2.20. The summed E-state index contributed by atoms with van der Waals surface area (Å²) in [4.78, 5) is 6.72. The van der Waals surface area contributed by atoms with E-state index in [0.717, 1.165) is 32.0 Å². The topological polar surface area (TPSA) is 39.7 Å². The van der Waals surface area contributed by atoms with Gasteiger partial charge in [-0.25, -0.2) is 0 Å². The van der Waals surface area contributed by atoms with Crippen molar-refractivity contribution in [1.29, 1.82) is 0 Å². The third-order valence-electron chi connectivity index (χ3n) is 3.70. The number of nitrogens with zero attached hydrogens (tertiary/aromatic N) is 2. The van der Waals surface area contributed by atoms with Gasteiger partial charge in [-0.2, -0.15) is 0 Å². The van der Waals surface area contributed by atoms with E-state index in [0.29, 0.717) is 6.04 Å². The van der Waals surface area contributed by atoms with Crippen LogP contribution >= 0.6 is 24.0 Å². The number of anilines is 1. The number of guanidine groups is 1. The number of aliphatic imine (C=N–C) groups is 1. The fourth-order valence-electron chi connectivity index (χ4n) is 2.52. The molecular formula is C16H27IN4. The summed E-state index contributed by atoms with van der Waals surface area (Å²) in [5, 5.41) is 6.89. The minimum Gasteiger partial charge on any atom is -0.369 e. The Kier molecular flexibility index (Phi) is 8.49. The van der Waals surface area contributed by atoms with Gasteiger partial charge in [-0.1, -0.05) is 31.5 Å². The van der Waals surface area contributed by atoms with Gasteiger partial charge in [0.15, 0.2) is 5.96 Å². The average Bonchev–Trinajstić information content (AvgIpc) is 2.96. The molecule has 1 aliphatic rings. The molecule has 0 saturated carbocycles. The first kappa shape index (κ1) is 18.1. The van der Waals surface area contributed by atoms with E-state index in [-0.39, 0.29) is 24.0 Å². The standard InChI is InChI=1S/C16H26N4.HI/c1-3-4-11-18-16(17-2)19-14-10-12-20(13-14)15-8-6-5-7-9-15;/h5-9,14H,3-4,10-13H2,1-2H3,(H2,17,18,19);1H. The minimum absolute atomic E-state index is 0. The summed E-state index contributed by atoms with van der Waals surface area (Å²) in [7, 11) is 1.84. The fraction of sp³-hybridized carbons (Fsp3) is 0.562. The van der Waals surface area contributed by atoms with Crippen molar-refractivity contribution in [1.82, 2.24) is 10.6 Å². The van der Waals surface area contributed by atoms with Gasteiger partial charge in [-0.15, -0.1) is 24.0 Å². The molecule has 0 spiro atoms. The Hall–Kier alpha value is -0.980. The van der Waals surface area contributed by atoms with E-state index in [9.17, 15) is 0 Å². The Morgan fingerprint density at radius 1 is 1.33 bits per heavy atom. The molecule has 1 atom stereocenters. The summed E-state index contributed by atoms with van der Waals surface area (Å²) in [5.74, 6) is 0.929. The van der Waals surface area contributed by atoms with E-state index in [1.165, 1.54) is 18.5 Å². The van der Waals surface area contributed by atoms with Gasteiger partial charge in [-0.3, -0.25) is 4.99 Å². The summed E-state index contributed by atoms with van der Waals surface area (Å²) in [5.41, 5.74) is 1.31. The maximum Gasteiger partial charge on any atom is 0.191 e. The monoisotopic (exact) mass is 402 g/mol. The molecule has 2 rings (SSSR count). The van der Waals surface area contributed by atoms with Gasteiger partial charge in [0.25, 0.3) is 0 Å². The van der Waals surface area contributed by atoms with E-state index in [1.54, 1.807) is 0 Å². The molecular weight excluding hydrogens is 375 g/mol. The van der Waals surface area contributed by atoms with Crippen LogP contribution in [0.2, 0.25) is 0 Å².